The van der Waals surface area contributed by atoms with Crippen LogP contribution in [0.3, 0.4) is 0 Å². The molecule has 1 aromatic carbocycles. The van der Waals surface area contributed by atoms with Crippen molar-refractivity contribution in [1.29, 1.82) is 0 Å². The monoisotopic (exact) mass is 286 g/mol. The van der Waals surface area contributed by atoms with Gasteiger partial charge in [0.05, 0.1) is 17.4 Å². The summed E-state index contributed by atoms with van der Waals surface area (Å²) in [6, 6.07) is 8.79. The van der Waals surface area contributed by atoms with Crippen LogP contribution < -0.4 is 5.32 Å². The van der Waals surface area contributed by atoms with Gasteiger partial charge in [-0.1, -0.05) is 38.1 Å². The lowest BCUT2D eigenvalue weighted by atomic mass is 10.0. The Balaban J connectivity index is 2.23. The third-order valence-electron chi connectivity index (χ3n) is 3.85. The van der Waals surface area contributed by atoms with Crippen molar-refractivity contribution in [3.8, 4) is 5.69 Å². The lowest BCUT2D eigenvalue weighted by Crippen LogP contribution is -2.20. The van der Waals surface area contributed by atoms with Crippen molar-refractivity contribution < 1.29 is 0 Å². The molecule has 1 aromatic heterocycles. The van der Waals surface area contributed by atoms with Gasteiger partial charge in [0.25, 0.3) is 0 Å². The van der Waals surface area contributed by atoms with Crippen LogP contribution in [0.5, 0.6) is 0 Å². The summed E-state index contributed by atoms with van der Waals surface area (Å²) in [6.45, 7) is 11.8. The standard InChI is InChI=1S/C17H26N4/c1-6-11-18-13(4)17-14(5)21(20-19-17)16-9-7-15(8-10-16)12(2)3/h7-10,12-13,18H,6,11H2,1-5H3. The fourth-order valence-corrected chi connectivity index (χ4v) is 2.44. The quantitative estimate of drug-likeness (QED) is 0.879. The van der Waals surface area contributed by atoms with Crippen LogP contribution in [0.4, 0.5) is 0 Å². The molecule has 1 unspecified atom stereocenters. The summed E-state index contributed by atoms with van der Waals surface area (Å²) < 4.78 is 1.92. The molecule has 1 heterocycles. The van der Waals surface area contributed by atoms with Gasteiger partial charge in [-0.15, -0.1) is 5.10 Å². The minimum Gasteiger partial charge on any atom is -0.309 e. The molecule has 1 atom stereocenters. The van der Waals surface area contributed by atoms with Crippen LogP contribution in [0.1, 0.15) is 63.0 Å². The third kappa shape index (κ3) is 3.50. The molecule has 21 heavy (non-hydrogen) atoms. The Morgan fingerprint density at radius 1 is 1.14 bits per heavy atom. The summed E-state index contributed by atoms with van der Waals surface area (Å²) in [5, 5.41) is 12.1. The maximum Gasteiger partial charge on any atom is 0.103 e. The molecule has 0 aliphatic carbocycles. The van der Waals surface area contributed by atoms with E-state index in [1.807, 2.05) is 4.68 Å². The van der Waals surface area contributed by atoms with Crippen LogP contribution in [0, 0.1) is 6.92 Å². The summed E-state index contributed by atoms with van der Waals surface area (Å²) in [4.78, 5) is 0. The highest BCUT2D eigenvalue weighted by atomic mass is 15.4. The average Bonchev–Trinajstić information content (AvgIpc) is 2.86. The first kappa shape index (κ1) is 15.7. The topological polar surface area (TPSA) is 42.7 Å². The van der Waals surface area contributed by atoms with E-state index in [1.54, 1.807) is 0 Å². The first-order valence-corrected chi connectivity index (χ1v) is 7.80. The maximum absolute atomic E-state index is 4.35. The van der Waals surface area contributed by atoms with Crippen LogP contribution in [0.2, 0.25) is 0 Å². The molecule has 0 spiro atoms. The first-order valence-electron chi connectivity index (χ1n) is 7.80. The molecular weight excluding hydrogens is 260 g/mol. The Labute approximate surface area is 127 Å². The van der Waals surface area contributed by atoms with E-state index in [2.05, 4.69) is 74.5 Å². The lowest BCUT2D eigenvalue weighted by Gasteiger charge is -2.12. The van der Waals surface area contributed by atoms with Crippen molar-refractivity contribution in [2.45, 2.75) is 53.0 Å². The molecule has 0 bridgehead atoms. The van der Waals surface area contributed by atoms with Crippen molar-refractivity contribution in [3.63, 3.8) is 0 Å². The predicted octanol–water partition coefficient (Wildman–Crippen LogP) is 3.76. The molecule has 114 valence electrons. The summed E-state index contributed by atoms with van der Waals surface area (Å²) in [6.07, 6.45) is 1.12. The van der Waals surface area contributed by atoms with Crippen molar-refractivity contribution in [1.82, 2.24) is 20.3 Å². The molecular formula is C17H26N4. The Kier molecular flexibility index (Phi) is 5.12. The highest BCUT2D eigenvalue weighted by Crippen LogP contribution is 2.20. The zero-order valence-electron chi connectivity index (χ0n) is 13.7. The van der Waals surface area contributed by atoms with E-state index in [-0.39, 0.29) is 6.04 Å². The Morgan fingerprint density at radius 3 is 2.38 bits per heavy atom. The van der Waals surface area contributed by atoms with Gasteiger partial charge >= 0.3 is 0 Å². The number of aromatic nitrogens is 3. The largest absolute Gasteiger partial charge is 0.309 e. The van der Waals surface area contributed by atoms with Gasteiger partial charge in [0.15, 0.2) is 0 Å². The summed E-state index contributed by atoms with van der Waals surface area (Å²) in [7, 11) is 0. The molecule has 4 nitrogen and oxygen atoms in total. The van der Waals surface area contributed by atoms with E-state index in [9.17, 15) is 0 Å². The third-order valence-corrected chi connectivity index (χ3v) is 3.85. The van der Waals surface area contributed by atoms with E-state index >= 15 is 0 Å². The van der Waals surface area contributed by atoms with Gasteiger partial charge in [-0.2, -0.15) is 0 Å². The van der Waals surface area contributed by atoms with Gasteiger partial charge in [0.1, 0.15) is 5.69 Å². The average molecular weight is 286 g/mol. The van der Waals surface area contributed by atoms with Crippen molar-refractivity contribution in [2.75, 3.05) is 6.54 Å². The number of benzene rings is 1. The van der Waals surface area contributed by atoms with Crippen molar-refractivity contribution >= 4 is 0 Å². The van der Waals surface area contributed by atoms with Crippen molar-refractivity contribution in [3.05, 3.63) is 41.2 Å². The highest BCUT2D eigenvalue weighted by Gasteiger charge is 2.15. The number of hydrogen-bond donors (Lipinski definition) is 1. The molecule has 0 saturated carbocycles. The minimum absolute atomic E-state index is 0.230. The molecule has 0 aliphatic heterocycles. The van der Waals surface area contributed by atoms with Crippen LogP contribution in [0.25, 0.3) is 5.69 Å². The first-order chi connectivity index (χ1) is 10.0. The normalized spacial score (nSPS) is 12.9. The lowest BCUT2D eigenvalue weighted by molar-refractivity contribution is 0.555. The zero-order chi connectivity index (χ0) is 15.4. The molecule has 1 N–H and O–H groups in total. The van der Waals surface area contributed by atoms with Gasteiger partial charge in [-0.25, -0.2) is 4.68 Å². The van der Waals surface area contributed by atoms with E-state index < -0.39 is 0 Å². The fourth-order valence-electron chi connectivity index (χ4n) is 2.44. The fraction of sp³-hybridized carbons (Fsp3) is 0.529. The predicted molar refractivity (Wildman–Crippen MR) is 86.9 cm³/mol. The number of nitrogens with one attached hydrogen (secondary N) is 1. The molecule has 2 rings (SSSR count). The van der Waals surface area contributed by atoms with Crippen LogP contribution in [-0.2, 0) is 0 Å². The van der Waals surface area contributed by atoms with Gasteiger partial charge in [-0.3, -0.25) is 0 Å². The van der Waals surface area contributed by atoms with Gasteiger partial charge in [0, 0.05) is 0 Å². The van der Waals surface area contributed by atoms with E-state index in [0.29, 0.717) is 5.92 Å². The molecule has 0 aliphatic rings. The summed E-state index contributed by atoms with van der Waals surface area (Å²) in [5.41, 5.74) is 4.54. The van der Waals surface area contributed by atoms with Gasteiger partial charge < -0.3 is 5.32 Å². The van der Waals surface area contributed by atoms with Crippen LogP contribution in [-0.4, -0.2) is 21.5 Å². The second-order valence-electron chi connectivity index (χ2n) is 5.89. The van der Waals surface area contributed by atoms with E-state index in [0.717, 1.165) is 30.0 Å². The second-order valence-corrected chi connectivity index (χ2v) is 5.89. The number of nitrogens with zero attached hydrogens (tertiary/aromatic N) is 3. The highest BCUT2D eigenvalue weighted by molar-refractivity contribution is 5.37. The maximum atomic E-state index is 4.35. The van der Waals surface area contributed by atoms with Crippen LogP contribution in [0.15, 0.2) is 24.3 Å². The smallest absolute Gasteiger partial charge is 0.103 e. The number of hydrogen-bond acceptors (Lipinski definition) is 3. The number of rotatable bonds is 6. The van der Waals surface area contributed by atoms with Gasteiger partial charge in [-0.05, 0) is 50.4 Å². The SMILES string of the molecule is CCCNC(C)c1nnn(-c2ccc(C(C)C)cc2)c1C. The molecule has 0 fully saturated rings. The van der Waals surface area contributed by atoms with E-state index in [1.165, 1.54) is 5.56 Å². The van der Waals surface area contributed by atoms with E-state index in [4.69, 9.17) is 0 Å². The van der Waals surface area contributed by atoms with Crippen molar-refractivity contribution in [2.24, 2.45) is 0 Å². The Hall–Kier alpha value is -1.68. The Morgan fingerprint density at radius 2 is 1.81 bits per heavy atom. The van der Waals surface area contributed by atoms with Gasteiger partial charge in [0.2, 0.25) is 0 Å². The summed E-state index contributed by atoms with van der Waals surface area (Å²) >= 11 is 0. The molecule has 0 amide bonds. The molecule has 2 aromatic rings. The Bertz CT molecular complexity index is 569. The summed E-state index contributed by atoms with van der Waals surface area (Å²) in [5.74, 6) is 0.546. The minimum atomic E-state index is 0.230. The second kappa shape index (κ2) is 6.85. The molecule has 4 heteroatoms. The molecule has 0 saturated heterocycles. The molecule has 0 radical (unpaired) electrons. The zero-order valence-corrected chi connectivity index (χ0v) is 13.7. The van der Waals surface area contributed by atoms with Crippen LogP contribution >= 0.6 is 0 Å².